The van der Waals surface area contributed by atoms with Crippen LogP contribution in [0.5, 0.6) is 0 Å². The third-order valence-electron chi connectivity index (χ3n) is 0. The maximum Gasteiger partial charge on any atom is 0 e. The Morgan fingerprint density at radius 3 is 0.750 bits per heavy atom. The maximum absolute atomic E-state index is 0. The minimum atomic E-state index is 0. The number of hydrogen-bond acceptors (Lipinski definition) is 0. The molecule has 0 aliphatic carbocycles. The first kappa shape index (κ1) is 58.8. The SMILES string of the molecule is O.O.[Ir].[Ti]. The Hall–Kier alpha value is 1.28. The van der Waals surface area contributed by atoms with Crippen LogP contribution in [0.3, 0.4) is 0 Å². The first-order valence-corrected chi connectivity index (χ1v) is 0. The molecule has 1 radical (unpaired) electrons. The molecular weight excluding hydrogens is 272 g/mol. The first-order valence-electron chi connectivity index (χ1n) is 0. The molecule has 0 spiro atoms. The minimum Gasteiger partial charge on any atom is -0.412 e. The van der Waals surface area contributed by atoms with Crippen LogP contribution >= 0.6 is 0 Å². The van der Waals surface area contributed by atoms with Gasteiger partial charge >= 0.3 is 0 Å². The van der Waals surface area contributed by atoms with E-state index in [0.717, 1.165) is 0 Å². The van der Waals surface area contributed by atoms with Crippen LogP contribution in [-0.2, 0) is 41.8 Å². The van der Waals surface area contributed by atoms with Gasteiger partial charge in [0.1, 0.15) is 0 Å². The van der Waals surface area contributed by atoms with E-state index in [0.29, 0.717) is 0 Å². The van der Waals surface area contributed by atoms with E-state index in [-0.39, 0.29) is 52.8 Å². The molecule has 0 bridgehead atoms. The van der Waals surface area contributed by atoms with Crippen molar-refractivity contribution in [2.24, 2.45) is 0 Å². The number of hydrogen-bond donors (Lipinski definition) is 0. The van der Waals surface area contributed by atoms with Crippen molar-refractivity contribution in [2.45, 2.75) is 0 Å². The van der Waals surface area contributed by atoms with Gasteiger partial charge in [0, 0.05) is 41.8 Å². The molecular formula is H4IrO2Ti. The predicted octanol–water partition coefficient (Wildman–Crippen LogP) is -1.65. The summed E-state index contributed by atoms with van der Waals surface area (Å²) in [7, 11) is 0. The topological polar surface area (TPSA) is 63.0 Å². The molecule has 0 rings (SSSR count). The van der Waals surface area contributed by atoms with Crippen LogP contribution in [0.25, 0.3) is 0 Å². The maximum atomic E-state index is 0. The Kier molecular flexibility index (Phi) is 412. The van der Waals surface area contributed by atoms with Crippen molar-refractivity contribution < 1.29 is 52.8 Å². The molecule has 0 saturated heterocycles. The normalized spacial score (nSPS) is 0. The molecule has 0 saturated carbocycles. The van der Waals surface area contributed by atoms with Crippen molar-refractivity contribution in [2.75, 3.05) is 0 Å². The van der Waals surface area contributed by atoms with E-state index < -0.39 is 0 Å². The van der Waals surface area contributed by atoms with Crippen LogP contribution in [0.1, 0.15) is 0 Å². The van der Waals surface area contributed by atoms with Crippen LogP contribution < -0.4 is 0 Å². The number of rotatable bonds is 0. The molecule has 0 unspecified atom stereocenters. The molecule has 0 aromatic heterocycles. The Morgan fingerprint density at radius 2 is 0.750 bits per heavy atom. The molecule has 0 aromatic carbocycles. The fourth-order valence-corrected chi connectivity index (χ4v) is 0. The average molecular weight is 276 g/mol. The van der Waals surface area contributed by atoms with E-state index in [2.05, 4.69) is 0 Å². The third kappa shape index (κ3) is 10.4. The Morgan fingerprint density at radius 1 is 0.750 bits per heavy atom. The van der Waals surface area contributed by atoms with Gasteiger partial charge in [0.15, 0.2) is 0 Å². The zero-order valence-electron chi connectivity index (χ0n) is 1.83. The molecule has 29 valence electrons. The minimum absolute atomic E-state index is 0. The first-order chi connectivity index (χ1) is 0. The van der Waals surface area contributed by atoms with Crippen LogP contribution in [0, 0.1) is 0 Å². The van der Waals surface area contributed by atoms with Crippen molar-refractivity contribution in [3.8, 4) is 0 Å². The fourth-order valence-electron chi connectivity index (χ4n) is 0. The molecule has 0 aliphatic rings. The van der Waals surface area contributed by atoms with Gasteiger partial charge in [-0.2, -0.15) is 0 Å². The average Bonchev–Trinajstić information content (AvgIpc) is 0. The van der Waals surface area contributed by atoms with Gasteiger partial charge in [0.25, 0.3) is 0 Å². The Bertz CT molecular complexity index is 6.00. The van der Waals surface area contributed by atoms with E-state index in [4.69, 9.17) is 0 Å². The van der Waals surface area contributed by atoms with Gasteiger partial charge in [-0.25, -0.2) is 0 Å². The molecule has 0 aliphatic heterocycles. The molecule has 2 nitrogen and oxygen atoms in total. The van der Waals surface area contributed by atoms with Crippen LogP contribution in [0.15, 0.2) is 0 Å². The van der Waals surface area contributed by atoms with Gasteiger partial charge in [0.05, 0.1) is 0 Å². The summed E-state index contributed by atoms with van der Waals surface area (Å²) in [6, 6.07) is 0. The van der Waals surface area contributed by atoms with E-state index >= 15 is 0 Å². The smallest absolute Gasteiger partial charge is 0 e. The quantitative estimate of drug-likeness (QED) is 0.476. The van der Waals surface area contributed by atoms with Gasteiger partial charge in [-0.15, -0.1) is 0 Å². The molecule has 0 aromatic rings. The third-order valence-corrected chi connectivity index (χ3v) is 0. The summed E-state index contributed by atoms with van der Waals surface area (Å²) in [4.78, 5) is 0. The van der Waals surface area contributed by atoms with Crippen LogP contribution in [-0.4, -0.2) is 11.0 Å². The monoisotopic (exact) mass is 277 g/mol. The van der Waals surface area contributed by atoms with E-state index in [1.807, 2.05) is 0 Å². The van der Waals surface area contributed by atoms with E-state index in [9.17, 15) is 0 Å². The second-order valence-corrected chi connectivity index (χ2v) is 0. The van der Waals surface area contributed by atoms with Gasteiger partial charge in [-0.1, -0.05) is 0 Å². The standard InChI is InChI=1S/Ir.2H2O.Ti/h;2*1H2;. The van der Waals surface area contributed by atoms with Gasteiger partial charge in [-0.3, -0.25) is 0 Å². The summed E-state index contributed by atoms with van der Waals surface area (Å²) in [6.45, 7) is 0. The van der Waals surface area contributed by atoms with Gasteiger partial charge in [0.2, 0.25) is 0 Å². The van der Waals surface area contributed by atoms with Crippen molar-refractivity contribution in [1.82, 2.24) is 0 Å². The van der Waals surface area contributed by atoms with Crippen LogP contribution in [0.2, 0.25) is 0 Å². The summed E-state index contributed by atoms with van der Waals surface area (Å²) in [5, 5.41) is 0. The van der Waals surface area contributed by atoms with Crippen molar-refractivity contribution in [3.05, 3.63) is 0 Å². The molecule has 0 atom stereocenters. The predicted molar refractivity (Wildman–Crippen MR) is 7.23 cm³/mol. The van der Waals surface area contributed by atoms with Crippen LogP contribution in [0.4, 0.5) is 0 Å². The fraction of sp³-hybridized carbons (Fsp3) is 0. The summed E-state index contributed by atoms with van der Waals surface area (Å²) in [5.41, 5.74) is 0. The zero-order valence-corrected chi connectivity index (χ0v) is 5.79. The summed E-state index contributed by atoms with van der Waals surface area (Å²) in [5.74, 6) is 0. The molecule has 0 heterocycles. The van der Waals surface area contributed by atoms with E-state index in [1.165, 1.54) is 0 Å². The zero-order chi connectivity index (χ0) is 0. The summed E-state index contributed by atoms with van der Waals surface area (Å²) in [6.07, 6.45) is 0. The largest absolute Gasteiger partial charge is 0.412 e. The molecule has 4 heteroatoms. The molecule has 0 amide bonds. The Labute approximate surface area is 52.8 Å². The van der Waals surface area contributed by atoms with Gasteiger partial charge < -0.3 is 11.0 Å². The van der Waals surface area contributed by atoms with Crippen molar-refractivity contribution in [1.29, 1.82) is 0 Å². The summed E-state index contributed by atoms with van der Waals surface area (Å²) < 4.78 is 0. The molecule has 4 heavy (non-hydrogen) atoms. The molecule has 4 N–H and O–H groups in total. The second kappa shape index (κ2) is 28.0. The van der Waals surface area contributed by atoms with Gasteiger partial charge in [-0.05, 0) is 0 Å². The Balaban J connectivity index is 0. The van der Waals surface area contributed by atoms with E-state index in [1.54, 1.807) is 0 Å². The summed E-state index contributed by atoms with van der Waals surface area (Å²) >= 11 is 0. The van der Waals surface area contributed by atoms with Crippen molar-refractivity contribution in [3.63, 3.8) is 0 Å². The molecule has 0 fully saturated rings. The van der Waals surface area contributed by atoms with Crippen molar-refractivity contribution >= 4 is 0 Å². The second-order valence-electron chi connectivity index (χ2n) is 0.